The number of aliphatic hydroxyl groups is 2. The SMILES string of the molecule is CC(O)Nc1ccccc1OCC1(COc2ccccc2NCO)COc2ccccc2NCNc2ccccc2OC1. The highest BCUT2D eigenvalue weighted by atomic mass is 16.5. The highest BCUT2D eigenvalue weighted by Gasteiger charge is 2.37. The molecule has 0 saturated heterocycles. The van der Waals surface area contributed by atoms with Crippen molar-refractivity contribution < 1.29 is 29.2 Å². The van der Waals surface area contributed by atoms with Crippen LogP contribution in [0.1, 0.15) is 6.92 Å². The maximum atomic E-state index is 9.98. The van der Waals surface area contributed by atoms with Gasteiger partial charge in [0.1, 0.15) is 67.8 Å². The van der Waals surface area contributed by atoms with E-state index in [2.05, 4.69) is 21.3 Å². The van der Waals surface area contributed by atoms with Crippen molar-refractivity contribution in [1.82, 2.24) is 0 Å². The zero-order chi connectivity index (χ0) is 29.9. The van der Waals surface area contributed by atoms with Crippen molar-refractivity contribution in [3.63, 3.8) is 0 Å². The fourth-order valence-electron chi connectivity index (χ4n) is 4.65. The first kappa shape index (κ1) is 29.7. The van der Waals surface area contributed by atoms with Crippen LogP contribution in [0.2, 0.25) is 0 Å². The van der Waals surface area contributed by atoms with Crippen molar-refractivity contribution in [2.75, 3.05) is 61.1 Å². The van der Waals surface area contributed by atoms with Gasteiger partial charge in [-0.25, -0.2) is 0 Å². The van der Waals surface area contributed by atoms with Crippen molar-refractivity contribution in [1.29, 1.82) is 0 Å². The van der Waals surface area contributed by atoms with Gasteiger partial charge >= 0.3 is 0 Å². The molecule has 0 aromatic heterocycles. The molecular formula is C33H38N4O6. The van der Waals surface area contributed by atoms with Crippen LogP contribution in [0.4, 0.5) is 22.7 Å². The zero-order valence-electron chi connectivity index (χ0n) is 24.1. The summed E-state index contributed by atoms with van der Waals surface area (Å²) in [5, 5.41) is 32.2. The van der Waals surface area contributed by atoms with Crippen molar-refractivity contribution in [3.8, 4) is 23.0 Å². The molecule has 0 fully saturated rings. The third-order valence-corrected chi connectivity index (χ3v) is 6.88. The van der Waals surface area contributed by atoms with Crippen LogP contribution >= 0.6 is 0 Å². The number of ether oxygens (including phenoxy) is 4. The number of fused-ring (bicyclic) bond motifs is 2. The van der Waals surface area contributed by atoms with Crippen LogP contribution in [-0.2, 0) is 0 Å². The minimum Gasteiger partial charge on any atom is -0.490 e. The number of nitrogens with one attached hydrogen (secondary N) is 4. The van der Waals surface area contributed by atoms with Gasteiger partial charge in [-0.05, 0) is 55.5 Å². The van der Waals surface area contributed by atoms with Crippen LogP contribution in [0.5, 0.6) is 23.0 Å². The Morgan fingerprint density at radius 3 is 1.79 bits per heavy atom. The third kappa shape index (κ3) is 7.94. The Balaban J connectivity index is 1.51. The molecule has 1 aliphatic heterocycles. The lowest BCUT2D eigenvalue weighted by Crippen LogP contribution is -2.45. The van der Waals surface area contributed by atoms with Gasteiger partial charge in [-0.2, -0.15) is 0 Å². The van der Waals surface area contributed by atoms with Crippen molar-refractivity contribution in [2.24, 2.45) is 5.41 Å². The molecule has 226 valence electrons. The highest BCUT2D eigenvalue weighted by molar-refractivity contribution is 5.60. The maximum absolute atomic E-state index is 9.98. The Bertz CT molecular complexity index is 1420. The van der Waals surface area contributed by atoms with E-state index < -0.39 is 11.6 Å². The van der Waals surface area contributed by atoms with Gasteiger partial charge in [0, 0.05) is 0 Å². The predicted molar refractivity (Wildman–Crippen MR) is 168 cm³/mol. The lowest BCUT2D eigenvalue weighted by atomic mass is 9.91. The number of rotatable bonds is 10. The molecule has 0 radical (unpaired) electrons. The average molecular weight is 587 g/mol. The number of anilines is 4. The maximum Gasteiger partial charge on any atom is 0.142 e. The van der Waals surface area contributed by atoms with E-state index in [1.165, 1.54) is 0 Å². The molecule has 5 rings (SSSR count). The molecule has 1 aliphatic rings. The summed E-state index contributed by atoms with van der Waals surface area (Å²) < 4.78 is 25.8. The van der Waals surface area contributed by atoms with Gasteiger partial charge in [0.2, 0.25) is 0 Å². The molecule has 0 saturated carbocycles. The lowest BCUT2D eigenvalue weighted by molar-refractivity contribution is -0.00295. The van der Waals surface area contributed by atoms with Gasteiger partial charge in [-0.1, -0.05) is 48.5 Å². The van der Waals surface area contributed by atoms with Gasteiger partial charge < -0.3 is 50.4 Å². The minimum absolute atomic E-state index is 0.159. The molecule has 1 atom stereocenters. The van der Waals surface area contributed by atoms with E-state index >= 15 is 0 Å². The lowest BCUT2D eigenvalue weighted by Gasteiger charge is -2.34. The summed E-state index contributed by atoms with van der Waals surface area (Å²) in [5.74, 6) is 2.50. The fraction of sp³-hybridized carbons (Fsp3) is 0.273. The summed E-state index contributed by atoms with van der Waals surface area (Å²) in [4.78, 5) is 0. The van der Waals surface area contributed by atoms with Gasteiger partial charge in [-0.15, -0.1) is 0 Å². The van der Waals surface area contributed by atoms with E-state index in [1.807, 2.05) is 97.1 Å². The van der Waals surface area contributed by atoms with E-state index in [4.69, 9.17) is 18.9 Å². The fourth-order valence-corrected chi connectivity index (χ4v) is 4.65. The zero-order valence-corrected chi connectivity index (χ0v) is 24.1. The predicted octanol–water partition coefficient (Wildman–Crippen LogP) is 5.20. The van der Waals surface area contributed by atoms with E-state index in [0.29, 0.717) is 41.0 Å². The second kappa shape index (κ2) is 14.4. The molecule has 4 aromatic carbocycles. The topological polar surface area (TPSA) is 126 Å². The molecule has 0 bridgehead atoms. The van der Waals surface area contributed by atoms with Crippen LogP contribution < -0.4 is 40.2 Å². The van der Waals surface area contributed by atoms with Crippen molar-refractivity contribution in [2.45, 2.75) is 13.2 Å². The molecule has 10 heteroatoms. The standard InChI is InChI=1S/C33H38N4O6/c1-24(39)37-28-13-5-9-17-32(28)43-21-33(20-42-31-16-8-4-12-27(31)36-23-38)18-40-29-14-6-2-10-25(29)34-22-35-26-11-3-7-15-30(26)41-19-33/h2-17,24,34-39H,18-23H2,1H3. The summed E-state index contributed by atoms with van der Waals surface area (Å²) in [7, 11) is 0. The van der Waals surface area contributed by atoms with Gasteiger partial charge in [0.15, 0.2) is 0 Å². The number of benzene rings is 4. The highest BCUT2D eigenvalue weighted by Crippen LogP contribution is 2.34. The van der Waals surface area contributed by atoms with Crippen LogP contribution in [0.25, 0.3) is 0 Å². The Kier molecular flexibility index (Phi) is 9.94. The first-order valence-electron chi connectivity index (χ1n) is 14.2. The molecular weight excluding hydrogens is 548 g/mol. The van der Waals surface area contributed by atoms with Crippen molar-refractivity contribution >= 4 is 22.7 Å². The van der Waals surface area contributed by atoms with E-state index in [0.717, 1.165) is 11.4 Å². The number of para-hydroxylation sites is 8. The molecule has 6 N–H and O–H groups in total. The molecule has 10 nitrogen and oxygen atoms in total. The van der Waals surface area contributed by atoms with Gasteiger partial charge in [0.05, 0.1) is 29.4 Å². The van der Waals surface area contributed by atoms with E-state index in [-0.39, 0.29) is 33.2 Å². The van der Waals surface area contributed by atoms with Crippen LogP contribution in [0.3, 0.4) is 0 Å². The Morgan fingerprint density at radius 2 is 1.23 bits per heavy atom. The Morgan fingerprint density at radius 1 is 0.744 bits per heavy atom. The quantitative estimate of drug-likeness (QED) is 0.138. The summed E-state index contributed by atoms with van der Waals surface area (Å²) in [6, 6.07) is 30.4. The molecule has 43 heavy (non-hydrogen) atoms. The second-order valence-electron chi connectivity index (χ2n) is 10.3. The normalized spacial score (nSPS) is 14.8. The van der Waals surface area contributed by atoms with Crippen LogP contribution in [0, 0.1) is 5.41 Å². The minimum atomic E-state index is -0.830. The van der Waals surface area contributed by atoms with E-state index in [9.17, 15) is 10.2 Å². The van der Waals surface area contributed by atoms with E-state index in [1.54, 1.807) is 6.92 Å². The molecule has 1 heterocycles. The summed E-state index contributed by atoms with van der Waals surface area (Å²) in [6.07, 6.45) is -0.765. The first-order chi connectivity index (χ1) is 21.0. The average Bonchev–Trinajstić information content (AvgIpc) is 3.02. The van der Waals surface area contributed by atoms with Crippen LogP contribution in [-0.4, -0.2) is 56.3 Å². The molecule has 1 unspecified atom stereocenters. The summed E-state index contributed by atoms with van der Waals surface area (Å²) in [6.45, 7) is 2.60. The summed E-state index contributed by atoms with van der Waals surface area (Å²) in [5.41, 5.74) is 2.17. The smallest absolute Gasteiger partial charge is 0.142 e. The van der Waals surface area contributed by atoms with Gasteiger partial charge in [0.25, 0.3) is 0 Å². The van der Waals surface area contributed by atoms with Gasteiger partial charge in [-0.3, -0.25) is 0 Å². The van der Waals surface area contributed by atoms with Crippen molar-refractivity contribution in [3.05, 3.63) is 97.1 Å². The Labute approximate surface area is 251 Å². The number of aliphatic hydroxyl groups excluding tert-OH is 2. The Hall–Kier alpha value is -4.80. The first-order valence-corrected chi connectivity index (χ1v) is 14.2. The van der Waals surface area contributed by atoms with Crippen LogP contribution in [0.15, 0.2) is 97.1 Å². The molecule has 0 spiro atoms. The molecule has 0 amide bonds. The third-order valence-electron chi connectivity index (χ3n) is 6.88. The largest absolute Gasteiger partial charge is 0.490 e. The molecule has 0 aliphatic carbocycles. The summed E-state index contributed by atoms with van der Waals surface area (Å²) >= 11 is 0. The number of hydrogen-bond donors (Lipinski definition) is 6. The second-order valence-corrected chi connectivity index (χ2v) is 10.3. The number of hydrogen-bond acceptors (Lipinski definition) is 10. The molecule has 4 aromatic rings. The monoisotopic (exact) mass is 586 g/mol.